The molecule has 0 aliphatic rings. The fourth-order valence-corrected chi connectivity index (χ4v) is 2.40. The molecular formula is C15H12BrFO. The van der Waals surface area contributed by atoms with E-state index in [1.54, 1.807) is 12.1 Å². The third kappa shape index (κ3) is 2.85. The average molecular weight is 307 g/mol. The second kappa shape index (κ2) is 5.44. The number of halogens is 2. The van der Waals surface area contributed by atoms with Gasteiger partial charge in [0.1, 0.15) is 12.1 Å². The fraction of sp³-hybridized carbons (Fsp3) is 0.133. The minimum absolute atomic E-state index is 0.240. The first-order valence-electron chi connectivity index (χ1n) is 5.59. The molecule has 0 aliphatic heterocycles. The Morgan fingerprint density at radius 2 is 2.06 bits per heavy atom. The van der Waals surface area contributed by atoms with Crippen LogP contribution in [0.1, 0.15) is 27.0 Å². The molecule has 0 amide bonds. The van der Waals surface area contributed by atoms with E-state index in [0.717, 1.165) is 27.4 Å². The van der Waals surface area contributed by atoms with Crippen LogP contribution in [0.25, 0.3) is 0 Å². The first-order valence-corrected chi connectivity index (χ1v) is 6.38. The summed E-state index contributed by atoms with van der Waals surface area (Å²) < 4.78 is 14.0. The molecule has 2 aromatic carbocycles. The molecule has 0 fully saturated rings. The van der Waals surface area contributed by atoms with E-state index in [2.05, 4.69) is 15.9 Å². The minimum Gasteiger partial charge on any atom is -0.298 e. The second-order valence-corrected chi connectivity index (χ2v) is 5.07. The SMILES string of the molecule is Cc1c(Br)cc(C=O)cc1Cc1cccc(F)c1. The second-order valence-electron chi connectivity index (χ2n) is 4.21. The molecule has 0 unspecified atom stereocenters. The number of carbonyl (C=O) groups excluding carboxylic acids is 1. The number of hydrogen-bond donors (Lipinski definition) is 0. The molecule has 3 heteroatoms. The molecule has 18 heavy (non-hydrogen) atoms. The van der Waals surface area contributed by atoms with Crippen LogP contribution in [0.2, 0.25) is 0 Å². The van der Waals surface area contributed by atoms with E-state index in [-0.39, 0.29) is 5.82 Å². The molecule has 2 rings (SSSR count). The van der Waals surface area contributed by atoms with Crippen LogP contribution in [0, 0.1) is 12.7 Å². The first-order chi connectivity index (χ1) is 8.60. The lowest BCUT2D eigenvalue weighted by atomic mass is 9.98. The van der Waals surface area contributed by atoms with Gasteiger partial charge in [-0.15, -0.1) is 0 Å². The van der Waals surface area contributed by atoms with E-state index in [1.807, 2.05) is 19.1 Å². The molecule has 0 radical (unpaired) electrons. The van der Waals surface area contributed by atoms with E-state index >= 15 is 0 Å². The topological polar surface area (TPSA) is 17.1 Å². The van der Waals surface area contributed by atoms with Gasteiger partial charge in [0, 0.05) is 10.0 Å². The Kier molecular flexibility index (Phi) is 3.92. The number of rotatable bonds is 3. The van der Waals surface area contributed by atoms with E-state index in [4.69, 9.17) is 0 Å². The standard InChI is InChI=1S/C15H12BrFO/c1-10-13(6-12(9-18)8-15(10)16)5-11-3-2-4-14(17)7-11/h2-4,6-9H,5H2,1H3. The summed E-state index contributed by atoms with van der Waals surface area (Å²) in [5.74, 6) is -0.240. The van der Waals surface area contributed by atoms with Crippen LogP contribution in [0.4, 0.5) is 4.39 Å². The van der Waals surface area contributed by atoms with Crippen LogP contribution in [-0.2, 0) is 6.42 Å². The highest BCUT2D eigenvalue weighted by Gasteiger charge is 2.06. The van der Waals surface area contributed by atoms with Crippen LogP contribution in [0.5, 0.6) is 0 Å². The number of aldehydes is 1. The molecule has 92 valence electrons. The molecule has 0 spiro atoms. The Morgan fingerprint density at radius 3 is 2.72 bits per heavy atom. The molecule has 0 bridgehead atoms. The molecule has 1 nitrogen and oxygen atoms in total. The predicted molar refractivity (Wildman–Crippen MR) is 73.5 cm³/mol. The van der Waals surface area contributed by atoms with Gasteiger partial charge in [0.15, 0.2) is 0 Å². The van der Waals surface area contributed by atoms with Gasteiger partial charge in [-0.3, -0.25) is 4.79 Å². The van der Waals surface area contributed by atoms with Crippen LogP contribution < -0.4 is 0 Å². The van der Waals surface area contributed by atoms with Crippen LogP contribution in [0.15, 0.2) is 40.9 Å². The lowest BCUT2D eigenvalue weighted by Gasteiger charge is -2.09. The van der Waals surface area contributed by atoms with Crippen LogP contribution >= 0.6 is 15.9 Å². The summed E-state index contributed by atoms with van der Waals surface area (Å²) in [4.78, 5) is 10.8. The van der Waals surface area contributed by atoms with Gasteiger partial charge in [-0.25, -0.2) is 4.39 Å². The Hall–Kier alpha value is -1.48. The molecule has 0 aliphatic carbocycles. The zero-order valence-electron chi connectivity index (χ0n) is 9.91. The van der Waals surface area contributed by atoms with Crippen molar-refractivity contribution in [3.63, 3.8) is 0 Å². The van der Waals surface area contributed by atoms with Crippen molar-refractivity contribution in [1.29, 1.82) is 0 Å². The van der Waals surface area contributed by atoms with Crippen molar-refractivity contribution in [2.24, 2.45) is 0 Å². The van der Waals surface area contributed by atoms with Crippen LogP contribution in [-0.4, -0.2) is 6.29 Å². The molecule has 0 N–H and O–H groups in total. The molecule has 0 saturated carbocycles. The third-order valence-electron chi connectivity index (χ3n) is 2.89. The summed E-state index contributed by atoms with van der Waals surface area (Å²) >= 11 is 3.43. The van der Waals surface area contributed by atoms with E-state index in [9.17, 15) is 9.18 Å². The van der Waals surface area contributed by atoms with Crippen LogP contribution in [0.3, 0.4) is 0 Å². The molecule has 0 atom stereocenters. The summed E-state index contributed by atoms with van der Waals surface area (Å²) in [6.45, 7) is 1.98. The summed E-state index contributed by atoms with van der Waals surface area (Å²) in [5.41, 5.74) is 3.62. The van der Waals surface area contributed by atoms with E-state index in [1.165, 1.54) is 12.1 Å². The number of benzene rings is 2. The quantitative estimate of drug-likeness (QED) is 0.773. The van der Waals surface area contributed by atoms with Crippen molar-refractivity contribution in [1.82, 2.24) is 0 Å². The van der Waals surface area contributed by atoms with Crippen molar-refractivity contribution in [3.05, 3.63) is 68.9 Å². The first kappa shape index (κ1) is 13.0. The monoisotopic (exact) mass is 306 g/mol. The molecule has 0 saturated heterocycles. The van der Waals surface area contributed by atoms with Gasteiger partial charge in [-0.1, -0.05) is 28.1 Å². The minimum atomic E-state index is -0.240. The number of carbonyl (C=O) groups is 1. The van der Waals surface area contributed by atoms with Crippen molar-refractivity contribution >= 4 is 22.2 Å². The van der Waals surface area contributed by atoms with E-state index < -0.39 is 0 Å². The summed E-state index contributed by atoms with van der Waals surface area (Å²) in [5, 5.41) is 0. The average Bonchev–Trinajstić information content (AvgIpc) is 2.34. The maximum absolute atomic E-state index is 13.1. The highest BCUT2D eigenvalue weighted by Crippen LogP contribution is 2.24. The Labute approximate surface area is 114 Å². The van der Waals surface area contributed by atoms with Gasteiger partial charge in [0.05, 0.1) is 0 Å². The molecule has 2 aromatic rings. The van der Waals surface area contributed by atoms with Gasteiger partial charge in [0.2, 0.25) is 0 Å². The van der Waals surface area contributed by atoms with Crippen molar-refractivity contribution < 1.29 is 9.18 Å². The van der Waals surface area contributed by atoms with Gasteiger partial charge < -0.3 is 0 Å². The Balaban J connectivity index is 2.39. The molecule has 0 heterocycles. The fourth-order valence-electron chi connectivity index (χ4n) is 1.88. The lowest BCUT2D eigenvalue weighted by Crippen LogP contribution is -1.96. The highest BCUT2D eigenvalue weighted by atomic mass is 79.9. The van der Waals surface area contributed by atoms with Gasteiger partial charge in [-0.2, -0.15) is 0 Å². The van der Waals surface area contributed by atoms with E-state index in [0.29, 0.717) is 12.0 Å². The highest BCUT2D eigenvalue weighted by molar-refractivity contribution is 9.10. The number of hydrogen-bond acceptors (Lipinski definition) is 1. The smallest absolute Gasteiger partial charge is 0.150 e. The summed E-state index contributed by atoms with van der Waals surface area (Å²) in [6.07, 6.45) is 1.43. The normalized spacial score (nSPS) is 10.4. The van der Waals surface area contributed by atoms with Crippen molar-refractivity contribution in [3.8, 4) is 0 Å². The summed E-state index contributed by atoms with van der Waals surface area (Å²) in [6, 6.07) is 10.1. The lowest BCUT2D eigenvalue weighted by molar-refractivity contribution is 0.112. The Bertz CT molecular complexity index is 593. The zero-order chi connectivity index (χ0) is 13.1. The molecular weight excluding hydrogens is 295 g/mol. The molecule has 0 aromatic heterocycles. The zero-order valence-corrected chi connectivity index (χ0v) is 11.5. The van der Waals surface area contributed by atoms with Gasteiger partial charge >= 0.3 is 0 Å². The van der Waals surface area contributed by atoms with Crippen molar-refractivity contribution in [2.45, 2.75) is 13.3 Å². The van der Waals surface area contributed by atoms with Gasteiger partial charge in [0.25, 0.3) is 0 Å². The van der Waals surface area contributed by atoms with Gasteiger partial charge in [-0.05, 0) is 54.3 Å². The summed E-state index contributed by atoms with van der Waals surface area (Å²) in [7, 11) is 0. The van der Waals surface area contributed by atoms with Crippen molar-refractivity contribution in [2.75, 3.05) is 0 Å². The predicted octanol–water partition coefficient (Wildman–Crippen LogP) is 4.30. The largest absolute Gasteiger partial charge is 0.298 e. The Morgan fingerprint density at radius 1 is 1.28 bits per heavy atom. The third-order valence-corrected chi connectivity index (χ3v) is 3.72. The maximum Gasteiger partial charge on any atom is 0.150 e. The maximum atomic E-state index is 13.1.